The van der Waals surface area contributed by atoms with Gasteiger partial charge in [0, 0.05) is 19.3 Å². The molecule has 0 aliphatic heterocycles. The van der Waals surface area contributed by atoms with Crippen LogP contribution in [0.15, 0.2) is 36.5 Å². The molecule has 0 amide bonds. The molecular weight excluding hydrogens is 853 g/mol. The van der Waals surface area contributed by atoms with Crippen LogP contribution in [0, 0.1) is 0 Å². The quantitative estimate of drug-likeness (QED) is 0.0261. The molecule has 0 fully saturated rings. The second kappa shape index (κ2) is 58.2. The van der Waals surface area contributed by atoms with Gasteiger partial charge in [-0.05, 0) is 77.0 Å². The molecule has 0 heterocycles. The summed E-state index contributed by atoms with van der Waals surface area (Å²) in [6.45, 7) is 6.65. The van der Waals surface area contributed by atoms with Crippen LogP contribution in [0.5, 0.6) is 0 Å². The number of hydrogen-bond acceptors (Lipinski definition) is 6. The molecule has 0 radical (unpaired) electrons. The molecule has 6 nitrogen and oxygen atoms in total. The van der Waals surface area contributed by atoms with Gasteiger partial charge in [0.25, 0.3) is 0 Å². The normalized spacial score (nSPS) is 12.2. The molecule has 404 valence electrons. The van der Waals surface area contributed by atoms with E-state index in [0.717, 1.165) is 70.6 Å². The van der Waals surface area contributed by atoms with Crippen molar-refractivity contribution in [1.29, 1.82) is 0 Å². The third-order valence-electron chi connectivity index (χ3n) is 13.6. The van der Waals surface area contributed by atoms with E-state index in [9.17, 15) is 14.4 Å². The highest BCUT2D eigenvalue weighted by atomic mass is 16.6. The van der Waals surface area contributed by atoms with Crippen LogP contribution in [0.2, 0.25) is 0 Å². The summed E-state index contributed by atoms with van der Waals surface area (Å²) in [6, 6.07) is 0. The molecule has 0 aromatic heterocycles. The molecule has 0 saturated heterocycles. The van der Waals surface area contributed by atoms with Gasteiger partial charge in [-0.25, -0.2) is 0 Å². The number of unbranched alkanes of at least 4 members (excludes halogenated alkanes) is 39. The Morgan fingerprint density at radius 1 is 0.290 bits per heavy atom. The first-order chi connectivity index (χ1) is 34.0. The van der Waals surface area contributed by atoms with E-state index in [4.69, 9.17) is 14.2 Å². The van der Waals surface area contributed by atoms with E-state index in [1.807, 2.05) is 0 Å². The summed E-state index contributed by atoms with van der Waals surface area (Å²) in [5.74, 6) is -0.863. The van der Waals surface area contributed by atoms with Crippen LogP contribution in [-0.2, 0) is 28.6 Å². The Kier molecular flexibility index (Phi) is 56.2. The lowest BCUT2D eigenvalue weighted by molar-refractivity contribution is -0.167. The molecule has 1 atom stereocenters. The van der Waals surface area contributed by atoms with Crippen molar-refractivity contribution in [1.82, 2.24) is 0 Å². The maximum absolute atomic E-state index is 12.8. The fourth-order valence-electron chi connectivity index (χ4n) is 9.00. The zero-order chi connectivity index (χ0) is 50.0. The number of allylic oxidation sites excluding steroid dienone is 6. The fourth-order valence-corrected chi connectivity index (χ4v) is 9.00. The lowest BCUT2D eigenvalue weighted by atomic mass is 10.0. The molecule has 69 heavy (non-hydrogen) atoms. The van der Waals surface area contributed by atoms with E-state index in [-0.39, 0.29) is 31.1 Å². The number of rotatable bonds is 56. The largest absolute Gasteiger partial charge is 0.462 e. The highest BCUT2D eigenvalue weighted by molar-refractivity contribution is 5.71. The van der Waals surface area contributed by atoms with E-state index in [0.29, 0.717) is 19.3 Å². The monoisotopic (exact) mass is 969 g/mol. The van der Waals surface area contributed by atoms with Crippen LogP contribution >= 0.6 is 0 Å². The SMILES string of the molecule is CCCCCC/C=C\CCCCCCCC(=O)OC(COC(=O)CCCCCCCCCCCCCCC)COC(=O)CCCCCCCCCCCCCCC/C=C\C/C=C\CCCCCCC. The number of carbonyl (C=O) groups excluding carboxylic acids is 3. The second-order valence-corrected chi connectivity index (χ2v) is 20.6. The molecule has 0 bridgehead atoms. The van der Waals surface area contributed by atoms with Crippen molar-refractivity contribution < 1.29 is 28.6 Å². The zero-order valence-corrected chi connectivity index (χ0v) is 46.3. The number of hydrogen-bond donors (Lipinski definition) is 0. The van der Waals surface area contributed by atoms with Crippen molar-refractivity contribution in [2.24, 2.45) is 0 Å². The predicted molar refractivity (Wildman–Crippen MR) is 298 cm³/mol. The lowest BCUT2D eigenvalue weighted by Gasteiger charge is -2.18. The summed E-state index contributed by atoms with van der Waals surface area (Å²) in [7, 11) is 0. The highest BCUT2D eigenvalue weighted by Gasteiger charge is 2.19. The van der Waals surface area contributed by atoms with Crippen molar-refractivity contribution in [2.75, 3.05) is 13.2 Å². The predicted octanol–water partition coefficient (Wildman–Crippen LogP) is 20.4. The van der Waals surface area contributed by atoms with E-state index in [1.165, 1.54) is 218 Å². The summed E-state index contributed by atoms with van der Waals surface area (Å²) in [6.07, 6.45) is 70.0. The van der Waals surface area contributed by atoms with Crippen LogP contribution < -0.4 is 0 Å². The second-order valence-electron chi connectivity index (χ2n) is 20.6. The Hall–Kier alpha value is -2.37. The molecule has 0 rings (SSSR count). The number of ether oxygens (including phenoxy) is 3. The van der Waals surface area contributed by atoms with Crippen LogP contribution in [0.3, 0.4) is 0 Å². The summed E-state index contributed by atoms with van der Waals surface area (Å²) in [4.78, 5) is 38.1. The molecule has 0 N–H and O–H groups in total. The molecular formula is C63H116O6. The standard InChI is InChI=1S/C63H116O6/c1-4-7-10-13-16-19-22-25-26-27-28-29-30-31-32-33-34-35-36-39-41-44-47-50-53-56-62(65)68-59-60(69-63(66)57-54-51-48-45-42-38-24-21-18-15-12-9-6-3)58-67-61(64)55-52-49-46-43-40-37-23-20-17-14-11-8-5-2/h21-22,24-25,27-28,60H,4-20,23,26,29-59H2,1-3H3/b24-21-,25-22-,28-27-. The molecule has 6 heteroatoms. The fraction of sp³-hybridized carbons (Fsp3) is 0.857. The van der Waals surface area contributed by atoms with Gasteiger partial charge in [-0.1, -0.05) is 269 Å². The van der Waals surface area contributed by atoms with Gasteiger partial charge < -0.3 is 14.2 Å². The third kappa shape index (κ3) is 56.4. The summed E-state index contributed by atoms with van der Waals surface area (Å²) in [5, 5.41) is 0. The average Bonchev–Trinajstić information content (AvgIpc) is 3.35. The van der Waals surface area contributed by atoms with Crippen molar-refractivity contribution >= 4 is 17.9 Å². The molecule has 1 unspecified atom stereocenters. The van der Waals surface area contributed by atoms with E-state index >= 15 is 0 Å². The van der Waals surface area contributed by atoms with Gasteiger partial charge in [-0.2, -0.15) is 0 Å². The number of carbonyl (C=O) groups is 3. The Balaban J connectivity index is 4.22. The topological polar surface area (TPSA) is 78.9 Å². The smallest absolute Gasteiger partial charge is 0.306 e. The highest BCUT2D eigenvalue weighted by Crippen LogP contribution is 2.17. The Labute approximate surface area is 429 Å². The molecule has 0 aliphatic rings. The lowest BCUT2D eigenvalue weighted by Crippen LogP contribution is -2.30. The van der Waals surface area contributed by atoms with Gasteiger partial charge in [-0.15, -0.1) is 0 Å². The van der Waals surface area contributed by atoms with Crippen LogP contribution in [0.1, 0.15) is 329 Å². The van der Waals surface area contributed by atoms with Gasteiger partial charge in [0.1, 0.15) is 13.2 Å². The number of esters is 3. The van der Waals surface area contributed by atoms with Crippen molar-refractivity contribution in [3.8, 4) is 0 Å². The Morgan fingerprint density at radius 3 is 0.826 bits per heavy atom. The summed E-state index contributed by atoms with van der Waals surface area (Å²) < 4.78 is 16.9. The molecule has 0 saturated carbocycles. The van der Waals surface area contributed by atoms with Gasteiger partial charge in [0.15, 0.2) is 6.10 Å². The maximum Gasteiger partial charge on any atom is 0.306 e. The minimum Gasteiger partial charge on any atom is -0.462 e. The van der Waals surface area contributed by atoms with Crippen LogP contribution in [-0.4, -0.2) is 37.2 Å². The summed E-state index contributed by atoms with van der Waals surface area (Å²) >= 11 is 0. The Morgan fingerprint density at radius 2 is 0.522 bits per heavy atom. The van der Waals surface area contributed by atoms with Crippen molar-refractivity contribution in [2.45, 2.75) is 335 Å². The van der Waals surface area contributed by atoms with Crippen molar-refractivity contribution in [3.63, 3.8) is 0 Å². The van der Waals surface area contributed by atoms with E-state index < -0.39 is 6.10 Å². The first-order valence-electron chi connectivity index (χ1n) is 30.5. The Bertz CT molecular complexity index is 1160. The minimum absolute atomic E-state index is 0.0714. The van der Waals surface area contributed by atoms with Gasteiger partial charge in [-0.3, -0.25) is 14.4 Å². The molecule has 0 spiro atoms. The van der Waals surface area contributed by atoms with Crippen LogP contribution in [0.25, 0.3) is 0 Å². The first kappa shape index (κ1) is 66.6. The summed E-state index contributed by atoms with van der Waals surface area (Å²) in [5.41, 5.74) is 0. The first-order valence-corrected chi connectivity index (χ1v) is 30.5. The molecule has 0 aliphatic carbocycles. The third-order valence-corrected chi connectivity index (χ3v) is 13.6. The van der Waals surface area contributed by atoms with Gasteiger partial charge >= 0.3 is 17.9 Å². The molecule has 0 aromatic rings. The van der Waals surface area contributed by atoms with Gasteiger partial charge in [0.05, 0.1) is 0 Å². The van der Waals surface area contributed by atoms with Crippen molar-refractivity contribution in [3.05, 3.63) is 36.5 Å². The minimum atomic E-state index is -0.773. The molecule has 0 aromatic carbocycles. The van der Waals surface area contributed by atoms with E-state index in [2.05, 4.69) is 57.2 Å². The van der Waals surface area contributed by atoms with E-state index in [1.54, 1.807) is 0 Å². The maximum atomic E-state index is 12.8. The zero-order valence-electron chi connectivity index (χ0n) is 46.3. The average molecular weight is 970 g/mol. The van der Waals surface area contributed by atoms with Crippen LogP contribution in [0.4, 0.5) is 0 Å². The van der Waals surface area contributed by atoms with Gasteiger partial charge in [0.2, 0.25) is 0 Å².